The summed E-state index contributed by atoms with van der Waals surface area (Å²) in [6.45, 7) is 3.86. The van der Waals surface area contributed by atoms with E-state index in [0.29, 0.717) is 11.3 Å². The number of sulfonamides is 1. The van der Waals surface area contributed by atoms with Gasteiger partial charge in [-0.2, -0.15) is 0 Å². The van der Waals surface area contributed by atoms with Crippen molar-refractivity contribution in [2.45, 2.75) is 37.1 Å². The third kappa shape index (κ3) is 3.58. The second-order valence-corrected chi connectivity index (χ2v) is 10.4. The summed E-state index contributed by atoms with van der Waals surface area (Å²) >= 11 is 0. The van der Waals surface area contributed by atoms with E-state index in [1.54, 1.807) is 30.3 Å². The van der Waals surface area contributed by atoms with Gasteiger partial charge in [0, 0.05) is 17.2 Å². The number of rotatable bonds is 4. The van der Waals surface area contributed by atoms with Crippen LogP contribution in [0.2, 0.25) is 0 Å². The number of halogens is 1. The third-order valence-corrected chi connectivity index (χ3v) is 7.87. The lowest BCUT2D eigenvalue weighted by Crippen LogP contribution is -2.30. The summed E-state index contributed by atoms with van der Waals surface area (Å²) in [4.78, 5) is 0.224. The highest BCUT2D eigenvalue weighted by molar-refractivity contribution is 7.92. The molecule has 6 heteroatoms. The van der Waals surface area contributed by atoms with Crippen LogP contribution in [0.3, 0.4) is 0 Å². The number of aryl methyl sites for hydroxylation is 2. The summed E-state index contributed by atoms with van der Waals surface area (Å²) in [5.41, 5.74) is 4.94. The number of hydrogen-bond acceptors (Lipinski definition) is 3. The number of anilines is 2. The van der Waals surface area contributed by atoms with Crippen LogP contribution in [-0.2, 0) is 10.0 Å². The van der Waals surface area contributed by atoms with E-state index >= 15 is 0 Å². The van der Waals surface area contributed by atoms with E-state index in [1.165, 1.54) is 6.07 Å². The lowest BCUT2D eigenvalue weighted by Gasteiger charge is -2.37. The van der Waals surface area contributed by atoms with Crippen molar-refractivity contribution in [1.29, 1.82) is 0 Å². The van der Waals surface area contributed by atoms with Gasteiger partial charge in [0.2, 0.25) is 0 Å². The van der Waals surface area contributed by atoms with Gasteiger partial charge >= 0.3 is 0 Å². The fourth-order valence-corrected chi connectivity index (χ4v) is 6.07. The number of hydrogen-bond donors (Lipinski definition) is 2. The van der Waals surface area contributed by atoms with E-state index in [4.69, 9.17) is 0 Å². The maximum Gasteiger partial charge on any atom is 0.261 e. The molecule has 3 aromatic carbocycles. The molecule has 1 aliphatic heterocycles. The van der Waals surface area contributed by atoms with Crippen LogP contribution in [-0.4, -0.2) is 8.42 Å². The monoisotopic (exact) mass is 448 g/mol. The predicted octanol–water partition coefficient (Wildman–Crippen LogP) is 6.07. The van der Waals surface area contributed by atoms with Crippen LogP contribution in [0.15, 0.2) is 77.7 Å². The molecule has 0 radical (unpaired) electrons. The summed E-state index contributed by atoms with van der Waals surface area (Å²) in [5, 5.41) is 3.47. The summed E-state index contributed by atoms with van der Waals surface area (Å²) in [5.74, 6) is -0.0623. The molecular weight excluding hydrogens is 423 g/mol. The minimum atomic E-state index is -3.75. The Kier molecular flexibility index (Phi) is 5.05. The molecular formula is C26H25FN2O2S. The molecule has 3 atom stereocenters. The molecule has 2 N–H and O–H groups in total. The Bertz CT molecular complexity index is 1330. The maximum absolute atomic E-state index is 14.5. The molecule has 2 aliphatic rings. The second kappa shape index (κ2) is 7.78. The summed E-state index contributed by atoms with van der Waals surface area (Å²) in [6, 6.07) is 17.5. The first-order valence-corrected chi connectivity index (χ1v) is 12.2. The van der Waals surface area contributed by atoms with Gasteiger partial charge in [0.15, 0.2) is 0 Å². The van der Waals surface area contributed by atoms with Crippen molar-refractivity contribution in [3.63, 3.8) is 0 Å². The normalized spacial score (nSPS) is 21.5. The number of fused-ring (bicyclic) bond motifs is 3. The first-order chi connectivity index (χ1) is 15.3. The highest BCUT2D eigenvalue weighted by Gasteiger charge is 2.39. The number of nitrogens with one attached hydrogen (secondary N) is 2. The van der Waals surface area contributed by atoms with Crippen molar-refractivity contribution >= 4 is 21.4 Å². The molecule has 0 spiro atoms. The van der Waals surface area contributed by atoms with Gasteiger partial charge in [0.25, 0.3) is 10.0 Å². The lowest BCUT2D eigenvalue weighted by molar-refractivity contribution is 0.413. The first-order valence-electron chi connectivity index (χ1n) is 10.7. The Balaban J connectivity index is 1.50. The molecule has 4 nitrogen and oxygen atoms in total. The van der Waals surface area contributed by atoms with Crippen molar-refractivity contribution in [2.75, 3.05) is 10.0 Å². The minimum absolute atomic E-state index is 0.0344. The van der Waals surface area contributed by atoms with Crippen LogP contribution >= 0.6 is 0 Å². The maximum atomic E-state index is 14.5. The SMILES string of the molecule is Cc1ccc(NS(=O)(=O)c2ccc3c(c2)C2C=CCC2[C@H](c2ccccc2F)N3)c(C)c1. The number of benzene rings is 3. The van der Waals surface area contributed by atoms with Gasteiger partial charge < -0.3 is 5.32 Å². The van der Waals surface area contributed by atoms with E-state index < -0.39 is 10.0 Å². The highest BCUT2D eigenvalue weighted by atomic mass is 32.2. The zero-order chi connectivity index (χ0) is 22.5. The summed E-state index contributed by atoms with van der Waals surface area (Å²) < 4.78 is 43.6. The Morgan fingerprint density at radius 2 is 1.81 bits per heavy atom. The Hall–Kier alpha value is -3.12. The predicted molar refractivity (Wildman–Crippen MR) is 126 cm³/mol. The smallest absolute Gasteiger partial charge is 0.261 e. The van der Waals surface area contributed by atoms with Gasteiger partial charge in [0.05, 0.1) is 16.6 Å². The average Bonchev–Trinajstić information content (AvgIpc) is 3.26. The molecule has 1 heterocycles. The molecule has 32 heavy (non-hydrogen) atoms. The largest absolute Gasteiger partial charge is 0.378 e. The summed E-state index contributed by atoms with van der Waals surface area (Å²) in [6.07, 6.45) is 5.04. The van der Waals surface area contributed by atoms with Gasteiger partial charge in [-0.15, -0.1) is 0 Å². The average molecular weight is 449 g/mol. The zero-order valence-corrected chi connectivity index (χ0v) is 18.8. The van der Waals surface area contributed by atoms with Crippen LogP contribution in [0.1, 0.15) is 40.6 Å². The van der Waals surface area contributed by atoms with Gasteiger partial charge in [-0.1, -0.05) is 48.0 Å². The first kappa shape index (κ1) is 20.8. The molecule has 164 valence electrons. The third-order valence-electron chi connectivity index (χ3n) is 6.51. The van der Waals surface area contributed by atoms with Crippen LogP contribution in [0.25, 0.3) is 0 Å². The molecule has 0 amide bonds. The highest BCUT2D eigenvalue weighted by Crippen LogP contribution is 2.50. The molecule has 2 unspecified atom stereocenters. The number of allylic oxidation sites excluding steroid dienone is 2. The second-order valence-electron chi connectivity index (χ2n) is 8.67. The van der Waals surface area contributed by atoms with Gasteiger partial charge in [-0.05, 0) is 67.6 Å². The van der Waals surface area contributed by atoms with Gasteiger partial charge in [-0.3, -0.25) is 4.72 Å². The molecule has 0 bridgehead atoms. The standard InChI is InChI=1S/C26H25FN2O2S/c1-16-10-12-24(17(2)14-16)29-32(30,31)18-11-13-25-22(15-18)19-7-5-8-20(19)26(28-25)21-6-3-4-9-23(21)27/h3-7,9-15,19-20,26,28-29H,8H2,1-2H3/t19?,20?,26-/m1/s1. The lowest BCUT2D eigenvalue weighted by atomic mass is 9.77. The molecule has 0 saturated heterocycles. The van der Waals surface area contributed by atoms with Gasteiger partial charge in [0.1, 0.15) is 5.82 Å². The van der Waals surface area contributed by atoms with Crippen molar-refractivity contribution in [2.24, 2.45) is 5.92 Å². The van der Waals surface area contributed by atoms with E-state index in [1.807, 2.05) is 38.1 Å². The van der Waals surface area contributed by atoms with Crippen LogP contribution in [0.4, 0.5) is 15.8 Å². The van der Waals surface area contributed by atoms with Crippen LogP contribution in [0, 0.1) is 25.6 Å². The molecule has 0 aromatic heterocycles. The van der Waals surface area contributed by atoms with E-state index in [9.17, 15) is 12.8 Å². The Morgan fingerprint density at radius 3 is 2.59 bits per heavy atom. The van der Waals surface area contributed by atoms with Crippen molar-refractivity contribution in [3.8, 4) is 0 Å². The topological polar surface area (TPSA) is 58.2 Å². The van der Waals surface area contributed by atoms with Crippen LogP contribution in [0.5, 0.6) is 0 Å². The minimum Gasteiger partial charge on any atom is -0.378 e. The quantitative estimate of drug-likeness (QED) is 0.476. The fraction of sp³-hybridized carbons (Fsp3) is 0.231. The molecule has 1 aliphatic carbocycles. The van der Waals surface area contributed by atoms with Crippen molar-refractivity contribution in [3.05, 3.63) is 101 Å². The van der Waals surface area contributed by atoms with Crippen LogP contribution < -0.4 is 10.0 Å². The van der Waals surface area contributed by atoms with Crippen molar-refractivity contribution in [1.82, 2.24) is 0 Å². The molecule has 3 aromatic rings. The molecule has 0 saturated carbocycles. The Morgan fingerprint density at radius 1 is 1.00 bits per heavy atom. The molecule has 0 fully saturated rings. The fourth-order valence-electron chi connectivity index (χ4n) is 4.91. The van der Waals surface area contributed by atoms with E-state index in [2.05, 4.69) is 22.2 Å². The van der Waals surface area contributed by atoms with Crippen molar-refractivity contribution < 1.29 is 12.8 Å². The summed E-state index contributed by atoms with van der Waals surface area (Å²) in [7, 11) is -3.75. The van der Waals surface area contributed by atoms with Gasteiger partial charge in [-0.25, -0.2) is 12.8 Å². The molecule has 5 rings (SSSR count). The van der Waals surface area contributed by atoms with E-state index in [0.717, 1.165) is 28.8 Å². The Labute approximate surface area is 188 Å². The van der Waals surface area contributed by atoms with E-state index in [-0.39, 0.29) is 28.6 Å². The zero-order valence-electron chi connectivity index (χ0n) is 18.0.